The van der Waals surface area contributed by atoms with Gasteiger partial charge in [-0.05, 0) is 42.2 Å². The predicted molar refractivity (Wildman–Crippen MR) is 82.6 cm³/mol. The summed E-state index contributed by atoms with van der Waals surface area (Å²) in [5, 5.41) is 2.99. The fourth-order valence-electron chi connectivity index (χ4n) is 2.01. The zero-order valence-corrected chi connectivity index (χ0v) is 12.3. The zero-order valence-electron chi connectivity index (χ0n) is 11.5. The van der Waals surface area contributed by atoms with Gasteiger partial charge in [0, 0.05) is 31.3 Å². The molecule has 0 aliphatic rings. The van der Waals surface area contributed by atoms with Crippen molar-refractivity contribution >= 4 is 17.7 Å². The second-order valence-corrected chi connectivity index (χ2v) is 5.49. The fourth-order valence-corrected chi connectivity index (χ4v) is 2.47. The number of nitrogens with one attached hydrogen (secondary N) is 1. The number of hydrogen-bond donors (Lipinski definition) is 1. The van der Waals surface area contributed by atoms with Crippen molar-refractivity contribution in [2.75, 3.05) is 12.0 Å². The summed E-state index contributed by atoms with van der Waals surface area (Å²) in [5.41, 5.74) is 1.01. The molecule has 0 fully saturated rings. The number of nitrogens with zero attached hydrogens (tertiary/aromatic N) is 2. The molecule has 0 saturated heterocycles. The van der Waals surface area contributed by atoms with Crippen LogP contribution in [0.15, 0.2) is 49.1 Å². The van der Waals surface area contributed by atoms with Crippen molar-refractivity contribution in [3.8, 4) is 0 Å². The third-order valence-corrected chi connectivity index (χ3v) is 3.72. The third-order valence-electron chi connectivity index (χ3n) is 3.07. The maximum Gasteiger partial charge on any atom is 0.243 e. The van der Waals surface area contributed by atoms with Gasteiger partial charge in [-0.15, -0.1) is 0 Å². The minimum atomic E-state index is -0.144. The van der Waals surface area contributed by atoms with E-state index in [1.807, 2.05) is 41.2 Å². The Kier molecular flexibility index (Phi) is 5.68. The van der Waals surface area contributed by atoms with E-state index < -0.39 is 0 Å². The molecule has 0 spiro atoms. The molecule has 5 heteroatoms. The summed E-state index contributed by atoms with van der Waals surface area (Å²) < 4.78 is 1.97. The average molecular weight is 289 g/mol. The van der Waals surface area contributed by atoms with Gasteiger partial charge in [0.2, 0.25) is 5.91 Å². The summed E-state index contributed by atoms with van der Waals surface area (Å²) in [6.07, 6.45) is 10.3. The Balaban J connectivity index is 1.96. The number of thioether (sulfide) groups is 1. The van der Waals surface area contributed by atoms with E-state index in [0.717, 1.165) is 17.7 Å². The van der Waals surface area contributed by atoms with Crippen LogP contribution in [-0.2, 0) is 11.3 Å². The largest absolute Gasteiger partial charge is 0.350 e. The highest BCUT2D eigenvalue weighted by Gasteiger charge is 2.18. The molecule has 2 heterocycles. The third kappa shape index (κ3) is 4.13. The molecular formula is C15H19N3OS. The zero-order chi connectivity index (χ0) is 14.2. The molecule has 106 valence electrons. The molecule has 0 aliphatic heterocycles. The van der Waals surface area contributed by atoms with Crippen LogP contribution in [0, 0.1) is 0 Å². The van der Waals surface area contributed by atoms with Gasteiger partial charge < -0.3 is 9.88 Å². The van der Waals surface area contributed by atoms with Crippen LogP contribution in [0.3, 0.4) is 0 Å². The number of pyridine rings is 1. The molecule has 1 N–H and O–H groups in total. The van der Waals surface area contributed by atoms with E-state index in [1.54, 1.807) is 24.2 Å². The Morgan fingerprint density at radius 2 is 2.20 bits per heavy atom. The maximum atomic E-state index is 12.4. The van der Waals surface area contributed by atoms with Crippen molar-refractivity contribution in [2.24, 2.45) is 0 Å². The van der Waals surface area contributed by atoms with Crippen LogP contribution in [-0.4, -0.2) is 27.5 Å². The van der Waals surface area contributed by atoms with Crippen LogP contribution in [0.25, 0.3) is 0 Å². The van der Waals surface area contributed by atoms with E-state index >= 15 is 0 Å². The lowest BCUT2D eigenvalue weighted by Gasteiger charge is -2.18. The molecule has 2 aromatic heterocycles. The Hall–Kier alpha value is -1.75. The highest BCUT2D eigenvalue weighted by Crippen LogP contribution is 2.15. The lowest BCUT2D eigenvalue weighted by molar-refractivity contribution is -0.124. The average Bonchev–Trinajstić information content (AvgIpc) is 3.01. The molecule has 1 amide bonds. The Morgan fingerprint density at radius 1 is 1.40 bits per heavy atom. The molecule has 0 unspecified atom stereocenters. The molecule has 0 bridgehead atoms. The second kappa shape index (κ2) is 7.75. The molecule has 0 aliphatic carbocycles. The molecule has 20 heavy (non-hydrogen) atoms. The van der Waals surface area contributed by atoms with Crippen molar-refractivity contribution in [3.63, 3.8) is 0 Å². The van der Waals surface area contributed by atoms with Gasteiger partial charge in [-0.3, -0.25) is 9.78 Å². The predicted octanol–water partition coefficient (Wildman–Crippen LogP) is 2.49. The van der Waals surface area contributed by atoms with Gasteiger partial charge in [-0.25, -0.2) is 0 Å². The molecule has 2 aromatic rings. The first-order valence-corrected chi connectivity index (χ1v) is 7.98. The Bertz CT molecular complexity index is 513. The van der Waals surface area contributed by atoms with Crippen LogP contribution < -0.4 is 5.32 Å². The molecule has 2 rings (SSSR count). The number of hydrogen-bond acceptors (Lipinski definition) is 3. The number of carbonyl (C=O) groups is 1. The molecule has 0 saturated carbocycles. The van der Waals surface area contributed by atoms with Crippen LogP contribution in [0.2, 0.25) is 0 Å². The number of rotatable bonds is 7. The maximum absolute atomic E-state index is 12.4. The summed E-state index contributed by atoms with van der Waals surface area (Å²) >= 11 is 1.76. The van der Waals surface area contributed by atoms with Crippen molar-refractivity contribution < 1.29 is 4.79 Å². The van der Waals surface area contributed by atoms with Gasteiger partial charge >= 0.3 is 0 Å². The van der Waals surface area contributed by atoms with Crippen LogP contribution in [0.4, 0.5) is 0 Å². The fraction of sp³-hybridized carbons (Fsp3) is 0.333. The van der Waals surface area contributed by atoms with E-state index in [1.165, 1.54) is 0 Å². The van der Waals surface area contributed by atoms with Crippen molar-refractivity contribution in [3.05, 3.63) is 54.6 Å². The Morgan fingerprint density at radius 3 is 2.85 bits per heavy atom. The van der Waals surface area contributed by atoms with E-state index in [9.17, 15) is 4.79 Å². The van der Waals surface area contributed by atoms with Crippen LogP contribution in [0.1, 0.15) is 18.0 Å². The van der Waals surface area contributed by atoms with Gasteiger partial charge in [0.05, 0.1) is 0 Å². The van der Waals surface area contributed by atoms with Crippen molar-refractivity contribution in [1.29, 1.82) is 0 Å². The minimum absolute atomic E-state index is 0.0547. The lowest BCUT2D eigenvalue weighted by atomic mass is 10.2. The van der Waals surface area contributed by atoms with Crippen LogP contribution >= 0.6 is 11.8 Å². The highest BCUT2D eigenvalue weighted by atomic mass is 32.2. The van der Waals surface area contributed by atoms with Gasteiger partial charge in [0.25, 0.3) is 0 Å². The summed E-state index contributed by atoms with van der Waals surface area (Å²) in [7, 11) is 0. The van der Waals surface area contributed by atoms with Crippen LogP contribution in [0.5, 0.6) is 0 Å². The van der Waals surface area contributed by atoms with Gasteiger partial charge in [0.15, 0.2) is 0 Å². The summed E-state index contributed by atoms with van der Waals surface area (Å²) in [5.74, 6) is 1.02. The van der Waals surface area contributed by atoms with E-state index in [0.29, 0.717) is 6.54 Å². The number of carbonyl (C=O) groups excluding carboxylic acids is 1. The SMILES string of the molecule is CSCC[C@H](C(=O)NCc1cccnc1)n1cccc1. The normalized spacial score (nSPS) is 12.1. The highest BCUT2D eigenvalue weighted by molar-refractivity contribution is 7.98. The smallest absolute Gasteiger partial charge is 0.243 e. The molecule has 0 radical (unpaired) electrons. The molecular weight excluding hydrogens is 270 g/mol. The topological polar surface area (TPSA) is 46.9 Å². The Labute approximate surface area is 123 Å². The van der Waals surface area contributed by atoms with Gasteiger partial charge in [0.1, 0.15) is 6.04 Å². The quantitative estimate of drug-likeness (QED) is 0.852. The van der Waals surface area contributed by atoms with E-state index in [2.05, 4.69) is 16.6 Å². The summed E-state index contributed by atoms with van der Waals surface area (Å²) in [4.78, 5) is 16.4. The lowest BCUT2D eigenvalue weighted by Crippen LogP contribution is -2.32. The van der Waals surface area contributed by atoms with Gasteiger partial charge in [-0.2, -0.15) is 11.8 Å². The second-order valence-electron chi connectivity index (χ2n) is 4.51. The first-order valence-electron chi connectivity index (χ1n) is 6.59. The summed E-state index contributed by atoms with van der Waals surface area (Å²) in [6, 6.07) is 7.58. The van der Waals surface area contributed by atoms with Crippen molar-refractivity contribution in [1.82, 2.24) is 14.9 Å². The minimum Gasteiger partial charge on any atom is -0.350 e. The standard InChI is InChI=1S/C15H19N3OS/c1-20-10-6-14(18-8-2-3-9-18)15(19)17-12-13-5-4-7-16-11-13/h2-5,7-9,11,14H,6,10,12H2,1H3,(H,17,19)/t14-/m1/s1. The monoisotopic (exact) mass is 289 g/mol. The van der Waals surface area contributed by atoms with E-state index in [4.69, 9.17) is 0 Å². The van der Waals surface area contributed by atoms with E-state index in [-0.39, 0.29) is 11.9 Å². The van der Waals surface area contributed by atoms with Gasteiger partial charge in [-0.1, -0.05) is 6.07 Å². The van der Waals surface area contributed by atoms with Crippen molar-refractivity contribution in [2.45, 2.75) is 19.0 Å². The molecule has 1 atom stereocenters. The first kappa shape index (κ1) is 14.7. The molecule has 4 nitrogen and oxygen atoms in total. The summed E-state index contributed by atoms with van der Waals surface area (Å²) in [6.45, 7) is 0.518. The first-order chi connectivity index (χ1) is 9.81. The number of aromatic nitrogens is 2. The molecule has 0 aromatic carbocycles. The number of amides is 1.